The molecule has 0 amide bonds. The van der Waals surface area contributed by atoms with E-state index in [0.717, 1.165) is 4.31 Å². The summed E-state index contributed by atoms with van der Waals surface area (Å²) in [6, 6.07) is 2.51. The van der Waals surface area contributed by atoms with Crippen molar-refractivity contribution in [2.75, 3.05) is 14.1 Å². The van der Waals surface area contributed by atoms with E-state index in [9.17, 15) is 12.8 Å². The molecule has 0 radical (unpaired) electrons. The first-order chi connectivity index (χ1) is 7.30. The van der Waals surface area contributed by atoms with Crippen molar-refractivity contribution in [3.05, 3.63) is 28.0 Å². The van der Waals surface area contributed by atoms with Crippen molar-refractivity contribution in [2.24, 2.45) is 0 Å². The summed E-state index contributed by atoms with van der Waals surface area (Å²) in [5, 5.41) is 8.90. The summed E-state index contributed by atoms with van der Waals surface area (Å²) < 4.78 is 38.6. The van der Waals surface area contributed by atoms with Gasteiger partial charge in [-0.3, -0.25) is 0 Å². The number of hydrogen-bond donors (Lipinski definition) is 1. The highest BCUT2D eigenvalue weighted by Gasteiger charge is 2.24. The summed E-state index contributed by atoms with van der Waals surface area (Å²) in [5.41, 5.74) is -0.0604. The van der Waals surface area contributed by atoms with Crippen LogP contribution in [0, 0.1) is 5.82 Å². The maximum atomic E-state index is 13.7. The van der Waals surface area contributed by atoms with Crippen LogP contribution in [0.4, 0.5) is 4.39 Å². The molecule has 0 fully saturated rings. The van der Waals surface area contributed by atoms with Gasteiger partial charge in [-0.2, -0.15) is 0 Å². The molecule has 1 aromatic rings. The Hall–Kier alpha value is -0.500. The van der Waals surface area contributed by atoms with E-state index in [4.69, 9.17) is 5.11 Å². The average molecular weight is 312 g/mol. The smallest absolute Gasteiger partial charge is 0.245 e. The predicted octanol–water partition coefficient (Wildman–Crippen LogP) is 1.33. The summed E-state index contributed by atoms with van der Waals surface area (Å²) in [6.45, 7) is -0.554. The standard InChI is InChI=1S/C9H11BrFNO3S/c1-12(2)16(14,15)8-4-7(10)3-6(5-13)9(8)11/h3-4,13H,5H2,1-2H3. The third kappa shape index (κ3) is 2.42. The molecule has 7 heteroatoms. The third-order valence-corrected chi connectivity index (χ3v) is 4.28. The molecule has 1 aromatic carbocycles. The van der Waals surface area contributed by atoms with Gasteiger partial charge in [-0.05, 0) is 12.1 Å². The number of benzene rings is 1. The van der Waals surface area contributed by atoms with Crippen molar-refractivity contribution in [3.63, 3.8) is 0 Å². The predicted molar refractivity (Wildman–Crippen MR) is 60.9 cm³/mol. The van der Waals surface area contributed by atoms with E-state index in [1.54, 1.807) is 0 Å². The van der Waals surface area contributed by atoms with Gasteiger partial charge >= 0.3 is 0 Å². The lowest BCUT2D eigenvalue weighted by molar-refractivity contribution is 0.274. The summed E-state index contributed by atoms with van der Waals surface area (Å²) in [7, 11) is -1.22. The lowest BCUT2D eigenvalue weighted by atomic mass is 10.2. The average Bonchev–Trinajstić information content (AvgIpc) is 2.20. The number of halogens is 2. The Bertz CT molecular complexity index is 502. The van der Waals surface area contributed by atoms with Gasteiger partial charge in [0.1, 0.15) is 10.7 Å². The van der Waals surface area contributed by atoms with Crippen molar-refractivity contribution in [3.8, 4) is 0 Å². The van der Waals surface area contributed by atoms with E-state index in [0.29, 0.717) is 4.47 Å². The maximum Gasteiger partial charge on any atom is 0.245 e. The van der Waals surface area contributed by atoms with Gasteiger partial charge in [-0.25, -0.2) is 17.1 Å². The van der Waals surface area contributed by atoms with Crippen LogP contribution in [0.2, 0.25) is 0 Å². The minimum absolute atomic E-state index is 0.0604. The van der Waals surface area contributed by atoms with Gasteiger partial charge in [0.25, 0.3) is 0 Å². The summed E-state index contributed by atoms with van der Waals surface area (Å²) in [5.74, 6) is -0.917. The molecule has 0 aliphatic carbocycles. The van der Waals surface area contributed by atoms with Crippen molar-refractivity contribution in [1.29, 1.82) is 0 Å². The molecule has 0 aliphatic heterocycles. The quantitative estimate of drug-likeness (QED) is 0.916. The van der Waals surface area contributed by atoms with Crippen molar-refractivity contribution in [1.82, 2.24) is 4.31 Å². The Morgan fingerprint density at radius 1 is 1.44 bits per heavy atom. The first-order valence-electron chi connectivity index (χ1n) is 4.32. The van der Waals surface area contributed by atoms with Crippen molar-refractivity contribution in [2.45, 2.75) is 11.5 Å². The lowest BCUT2D eigenvalue weighted by Crippen LogP contribution is -2.23. The SMILES string of the molecule is CN(C)S(=O)(=O)c1cc(Br)cc(CO)c1F. The third-order valence-electron chi connectivity index (χ3n) is 2.01. The fraction of sp³-hybridized carbons (Fsp3) is 0.333. The van der Waals surface area contributed by atoms with E-state index in [2.05, 4.69) is 15.9 Å². The van der Waals surface area contributed by atoms with Crippen LogP contribution < -0.4 is 0 Å². The van der Waals surface area contributed by atoms with Crippen LogP contribution in [0.25, 0.3) is 0 Å². The second kappa shape index (κ2) is 4.79. The number of sulfonamides is 1. The normalized spacial score (nSPS) is 12.1. The number of aliphatic hydroxyl groups is 1. The summed E-state index contributed by atoms with van der Waals surface area (Å²) >= 11 is 3.07. The first-order valence-corrected chi connectivity index (χ1v) is 6.55. The second-order valence-electron chi connectivity index (χ2n) is 3.32. The van der Waals surface area contributed by atoms with Crippen LogP contribution in [0.1, 0.15) is 5.56 Å². The van der Waals surface area contributed by atoms with Crippen molar-refractivity contribution >= 4 is 26.0 Å². The number of aliphatic hydroxyl groups excluding tert-OH is 1. The molecular weight excluding hydrogens is 301 g/mol. The zero-order valence-electron chi connectivity index (χ0n) is 8.74. The minimum Gasteiger partial charge on any atom is -0.392 e. The molecule has 0 bridgehead atoms. The number of hydrogen-bond acceptors (Lipinski definition) is 3. The molecule has 0 atom stereocenters. The van der Waals surface area contributed by atoms with Gasteiger partial charge in [0, 0.05) is 24.1 Å². The van der Waals surface area contributed by atoms with Crippen molar-refractivity contribution < 1.29 is 17.9 Å². The van der Waals surface area contributed by atoms with Crippen LogP contribution in [0.3, 0.4) is 0 Å². The first kappa shape index (κ1) is 13.6. The topological polar surface area (TPSA) is 57.6 Å². The summed E-state index contributed by atoms with van der Waals surface area (Å²) in [6.07, 6.45) is 0. The van der Waals surface area contributed by atoms with Crippen LogP contribution in [0.15, 0.2) is 21.5 Å². The van der Waals surface area contributed by atoms with E-state index >= 15 is 0 Å². The Kier molecular flexibility index (Phi) is 4.06. The monoisotopic (exact) mass is 311 g/mol. The molecule has 0 heterocycles. The van der Waals surface area contributed by atoms with Crippen LogP contribution in [-0.4, -0.2) is 31.9 Å². The molecule has 1 rings (SSSR count). The number of rotatable bonds is 3. The molecule has 1 N–H and O–H groups in total. The fourth-order valence-electron chi connectivity index (χ4n) is 1.12. The lowest BCUT2D eigenvalue weighted by Gasteiger charge is -2.13. The Morgan fingerprint density at radius 3 is 2.44 bits per heavy atom. The van der Waals surface area contributed by atoms with E-state index in [-0.39, 0.29) is 5.56 Å². The van der Waals surface area contributed by atoms with Gasteiger partial charge in [0.2, 0.25) is 10.0 Å². The van der Waals surface area contributed by atoms with Gasteiger partial charge in [-0.15, -0.1) is 0 Å². The van der Waals surface area contributed by atoms with E-state index in [1.807, 2.05) is 0 Å². The molecule has 0 aromatic heterocycles. The Balaban J connectivity index is 3.52. The van der Waals surface area contributed by atoms with Gasteiger partial charge in [0.05, 0.1) is 6.61 Å². The van der Waals surface area contributed by atoms with Crippen LogP contribution in [-0.2, 0) is 16.6 Å². The Labute approximate surface area is 102 Å². The van der Waals surface area contributed by atoms with Gasteiger partial charge < -0.3 is 5.11 Å². The molecule has 0 saturated heterocycles. The highest BCUT2D eigenvalue weighted by Crippen LogP contribution is 2.25. The van der Waals surface area contributed by atoms with Crippen LogP contribution >= 0.6 is 15.9 Å². The molecule has 0 saturated carbocycles. The molecule has 0 aliphatic rings. The molecular formula is C9H11BrFNO3S. The molecule has 4 nitrogen and oxygen atoms in total. The maximum absolute atomic E-state index is 13.7. The summed E-state index contributed by atoms with van der Waals surface area (Å²) in [4.78, 5) is -0.448. The second-order valence-corrected chi connectivity index (χ2v) is 6.36. The molecule has 90 valence electrons. The minimum atomic E-state index is -3.85. The highest BCUT2D eigenvalue weighted by molar-refractivity contribution is 9.10. The van der Waals surface area contributed by atoms with Gasteiger partial charge in [0.15, 0.2) is 0 Å². The van der Waals surface area contributed by atoms with Crippen LogP contribution in [0.5, 0.6) is 0 Å². The largest absolute Gasteiger partial charge is 0.392 e. The fourth-order valence-corrected chi connectivity index (χ4v) is 2.80. The van der Waals surface area contributed by atoms with E-state index in [1.165, 1.54) is 26.2 Å². The zero-order valence-corrected chi connectivity index (χ0v) is 11.1. The number of nitrogens with zero attached hydrogens (tertiary/aromatic N) is 1. The highest BCUT2D eigenvalue weighted by atomic mass is 79.9. The molecule has 0 spiro atoms. The zero-order chi connectivity index (χ0) is 12.5. The van der Waals surface area contributed by atoms with E-state index < -0.39 is 27.3 Å². The molecule has 0 unspecified atom stereocenters. The van der Waals surface area contributed by atoms with Gasteiger partial charge in [-0.1, -0.05) is 15.9 Å². The molecule has 16 heavy (non-hydrogen) atoms. The Morgan fingerprint density at radius 2 is 2.00 bits per heavy atom.